The Hall–Kier alpha value is -1.77. The summed E-state index contributed by atoms with van der Waals surface area (Å²) < 4.78 is 0. The predicted octanol–water partition coefficient (Wildman–Crippen LogP) is 2.73. The number of nitrogens with two attached hydrogens (primary N) is 1. The number of hydrogen-bond donors (Lipinski definition) is 2. The van der Waals surface area contributed by atoms with E-state index in [1.165, 1.54) is 0 Å². The molecule has 0 heterocycles. The molecule has 1 unspecified atom stereocenters. The van der Waals surface area contributed by atoms with Gasteiger partial charge >= 0.3 is 0 Å². The minimum absolute atomic E-state index is 0.00214. The monoisotopic (exact) mass is 308 g/mol. The zero-order valence-corrected chi connectivity index (χ0v) is 13.2. The Labute approximate surface area is 130 Å². The van der Waals surface area contributed by atoms with Gasteiger partial charge < -0.3 is 16.0 Å². The lowest BCUT2D eigenvalue weighted by atomic mass is 10.2. The Morgan fingerprint density at radius 1 is 1.57 bits per heavy atom. The van der Waals surface area contributed by atoms with Crippen LogP contribution in [0.3, 0.4) is 0 Å². The maximum atomic E-state index is 11.8. The van der Waals surface area contributed by atoms with E-state index in [2.05, 4.69) is 16.3 Å². The fourth-order valence-corrected chi connectivity index (χ4v) is 2.15. The molecule has 1 amide bonds. The van der Waals surface area contributed by atoms with Crippen LogP contribution in [0.1, 0.15) is 19.8 Å². The number of halogens is 1. The quantitative estimate of drug-likeness (QED) is 0.759. The first kappa shape index (κ1) is 17.3. The summed E-state index contributed by atoms with van der Waals surface area (Å²) in [5, 5.41) is 12.1. The fraction of sp³-hybridized carbons (Fsp3) is 0.467. The SMILES string of the molecule is CC(C#N)CN(C)CCCC(=O)Nc1ccc(Cl)cc1N. The lowest BCUT2D eigenvalue weighted by Crippen LogP contribution is -2.25. The molecule has 1 aromatic rings. The van der Waals surface area contributed by atoms with E-state index >= 15 is 0 Å². The number of carbonyl (C=O) groups is 1. The van der Waals surface area contributed by atoms with Gasteiger partial charge in [0.2, 0.25) is 5.91 Å². The van der Waals surface area contributed by atoms with Crippen LogP contribution in [-0.4, -0.2) is 30.9 Å². The van der Waals surface area contributed by atoms with E-state index in [0.29, 0.717) is 29.4 Å². The molecule has 3 N–H and O–H groups in total. The van der Waals surface area contributed by atoms with E-state index in [-0.39, 0.29) is 11.8 Å². The van der Waals surface area contributed by atoms with Gasteiger partial charge in [-0.15, -0.1) is 0 Å². The van der Waals surface area contributed by atoms with Crippen LogP contribution < -0.4 is 11.1 Å². The van der Waals surface area contributed by atoms with Crippen LogP contribution in [0, 0.1) is 17.2 Å². The Balaban J connectivity index is 2.33. The van der Waals surface area contributed by atoms with Crippen molar-refractivity contribution in [1.82, 2.24) is 4.90 Å². The Morgan fingerprint density at radius 2 is 2.29 bits per heavy atom. The Morgan fingerprint density at radius 3 is 2.90 bits per heavy atom. The van der Waals surface area contributed by atoms with Crippen molar-refractivity contribution in [2.24, 2.45) is 5.92 Å². The second-order valence-electron chi connectivity index (χ2n) is 5.18. The molecule has 114 valence electrons. The number of benzene rings is 1. The van der Waals surface area contributed by atoms with Crippen molar-refractivity contribution in [1.29, 1.82) is 5.26 Å². The minimum atomic E-state index is -0.0780. The van der Waals surface area contributed by atoms with E-state index in [1.54, 1.807) is 18.2 Å². The molecule has 0 saturated carbocycles. The molecule has 5 nitrogen and oxygen atoms in total. The molecule has 0 fully saturated rings. The second kappa shape index (κ2) is 8.50. The minimum Gasteiger partial charge on any atom is -0.397 e. The van der Waals surface area contributed by atoms with Gasteiger partial charge in [0.1, 0.15) is 0 Å². The molecule has 0 radical (unpaired) electrons. The molecular weight excluding hydrogens is 288 g/mol. The summed E-state index contributed by atoms with van der Waals surface area (Å²) in [6, 6.07) is 7.17. The summed E-state index contributed by atoms with van der Waals surface area (Å²) in [6.07, 6.45) is 1.14. The summed E-state index contributed by atoms with van der Waals surface area (Å²) in [4.78, 5) is 13.9. The van der Waals surface area contributed by atoms with Gasteiger partial charge in [0.25, 0.3) is 0 Å². The second-order valence-corrected chi connectivity index (χ2v) is 5.61. The smallest absolute Gasteiger partial charge is 0.224 e. The lowest BCUT2D eigenvalue weighted by Gasteiger charge is -2.17. The molecule has 21 heavy (non-hydrogen) atoms. The van der Waals surface area contributed by atoms with Gasteiger partial charge in [-0.2, -0.15) is 5.26 Å². The molecule has 0 aliphatic rings. The summed E-state index contributed by atoms with van der Waals surface area (Å²) in [5.74, 6) is -0.0801. The van der Waals surface area contributed by atoms with Crippen LogP contribution in [0.5, 0.6) is 0 Å². The van der Waals surface area contributed by atoms with Crippen molar-refractivity contribution in [3.8, 4) is 6.07 Å². The summed E-state index contributed by atoms with van der Waals surface area (Å²) in [6.45, 7) is 3.37. The molecule has 0 aliphatic carbocycles. The van der Waals surface area contributed by atoms with Gasteiger partial charge in [0, 0.05) is 18.0 Å². The lowest BCUT2D eigenvalue weighted by molar-refractivity contribution is -0.116. The number of nitrogens with one attached hydrogen (secondary N) is 1. The fourth-order valence-electron chi connectivity index (χ4n) is 1.97. The average Bonchev–Trinajstić information content (AvgIpc) is 2.41. The van der Waals surface area contributed by atoms with Gasteiger partial charge in [-0.25, -0.2) is 0 Å². The van der Waals surface area contributed by atoms with Crippen molar-refractivity contribution in [2.75, 3.05) is 31.2 Å². The number of nitrogens with zero attached hydrogens (tertiary/aromatic N) is 2. The molecule has 1 rings (SSSR count). The van der Waals surface area contributed by atoms with E-state index < -0.39 is 0 Å². The average molecular weight is 309 g/mol. The first-order valence-electron chi connectivity index (χ1n) is 6.85. The molecule has 0 aliphatic heterocycles. The number of amides is 1. The van der Waals surface area contributed by atoms with Crippen LogP contribution in [0.4, 0.5) is 11.4 Å². The van der Waals surface area contributed by atoms with Crippen LogP contribution in [-0.2, 0) is 4.79 Å². The zero-order chi connectivity index (χ0) is 15.8. The summed E-state index contributed by atoms with van der Waals surface area (Å²) in [7, 11) is 1.95. The molecular formula is C15H21ClN4O. The van der Waals surface area contributed by atoms with Crippen molar-refractivity contribution in [3.63, 3.8) is 0 Å². The molecule has 0 bridgehead atoms. The Kier molecular flexibility index (Phi) is 7.00. The van der Waals surface area contributed by atoms with Crippen molar-refractivity contribution >= 4 is 28.9 Å². The van der Waals surface area contributed by atoms with Crippen LogP contribution >= 0.6 is 11.6 Å². The van der Waals surface area contributed by atoms with Gasteiger partial charge in [-0.1, -0.05) is 11.6 Å². The van der Waals surface area contributed by atoms with Crippen LogP contribution in [0.25, 0.3) is 0 Å². The van der Waals surface area contributed by atoms with E-state index in [0.717, 1.165) is 13.0 Å². The van der Waals surface area contributed by atoms with Crippen molar-refractivity contribution in [2.45, 2.75) is 19.8 Å². The largest absolute Gasteiger partial charge is 0.397 e. The highest BCUT2D eigenvalue weighted by Crippen LogP contribution is 2.22. The summed E-state index contributed by atoms with van der Waals surface area (Å²) >= 11 is 5.80. The van der Waals surface area contributed by atoms with E-state index in [9.17, 15) is 4.79 Å². The maximum Gasteiger partial charge on any atom is 0.224 e. The number of rotatable bonds is 7. The van der Waals surface area contributed by atoms with Crippen molar-refractivity contribution < 1.29 is 4.79 Å². The first-order valence-corrected chi connectivity index (χ1v) is 7.23. The molecule has 0 saturated heterocycles. The van der Waals surface area contributed by atoms with Crippen LogP contribution in [0.2, 0.25) is 5.02 Å². The molecule has 6 heteroatoms. The standard InChI is InChI=1S/C15H21ClN4O/c1-11(9-17)10-20(2)7-3-4-15(21)19-14-6-5-12(16)8-13(14)18/h5-6,8,11H,3-4,7,10,18H2,1-2H3,(H,19,21). The highest BCUT2D eigenvalue weighted by molar-refractivity contribution is 6.31. The van der Waals surface area contributed by atoms with E-state index in [1.807, 2.05) is 14.0 Å². The highest BCUT2D eigenvalue weighted by atomic mass is 35.5. The predicted molar refractivity (Wildman–Crippen MR) is 86.0 cm³/mol. The van der Waals surface area contributed by atoms with E-state index in [4.69, 9.17) is 22.6 Å². The number of nitrogen functional groups attached to an aromatic ring is 1. The van der Waals surface area contributed by atoms with Gasteiger partial charge in [0.15, 0.2) is 0 Å². The molecule has 0 spiro atoms. The van der Waals surface area contributed by atoms with Gasteiger partial charge in [-0.3, -0.25) is 4.79 Å². The molecule has 0 aromatic heterocycles. The van der Waals surface area contributed by atoms with Crippen LogP contribution in [0.15, 0.2) is 18.2 Å². The third-order valence-electron chi connectivity index (χ3n) is 3.04. The number of nitriles is 1. The zero-order valence-electron chi connectivity index (χ0n) is 12.4. The number of anilines is 2. The topological polar surface area (TPSA) is 82.2 Å². The van der Waals surface area contributed by atoms with Crippen molar-refractivity contribution in [3.05, 3.63) is 23.2 Å². The highest BCUT2D eigenvalue weighted by Gasteiger charge is 2.08. The first-order chi connectivity index (χ1) is 9.92. The van der Waals surface area contributed by atoms with Gasteiger partial charge in [-0.05, 0) is 45.1 Å². The summed E-state index contributed by atoms with van der Waals surface area (Å²) in [5.41, 5.74) is 6.81. The normalized spacial score (nSPS) is 12.0. The third kappa shape index (κ3) is 6.48. The molecule has 1 aromatic carbocycles. The maximum absolute atomic E-state index is 11.8. The number of carbonyl (C=O) groups excluding carboxylic acids is 1. The number of hydrogen-bond acceptors (Lipinski definition) is 4. The Bertz CT molecular complexity index is 527. The molecule has 1 atom stereocenters. The van der Waals surface area contributed by atoms with Gasteiger partial charge in [0.05, 0.1) is 23.4 Å². The third-order valence-corrected chi connectivity index (χ3v) is 3.27.